The predicted molar refractivity (Wildman–Crippen MR) is 116 cm³/mol. The lowest BCUT2D eigenvalue weighted by Crippen LogP contribution is -2.48. The van der Waals surface area contributed by atoms with Gasteiger partial charge in [0, 0.05) is 31.4 Å². The molecule has 1 saturated heterocycles. The van der Waals surface area contributed by atoms with Crippen LogP contribution in [0.25, 0.3) is 5.82 Å². The third kappa shape index (κ3) is 4.93. The summed E-state index contributed by atoms with van der Waals surface area (Å²) in [6.07, 6.45) is 5.66. The van der Waals surface area contributed by atoms with E-state index in [0.717, 1.165) is 25.1 Å². The van der Waals surface area contributed by atoms with Gasteiger partial charge < -0.3 is 10.2 Å². The van der Waals surface area contributed by atoms with Gasteiger partial charge in [0.25, 0.3) is 5.91 Å². The lowest BCUT2D eigenvalue weighted by molar-refractivity contribution is 0.0634. The van der Waals surface area contributed by atoms with Crippen molar-refractivity contribution in [3.8, 4) is 5.82 Å². The summed E-state index contributed by atoms with van der Waals surface area (Å²) in [5.41, 5.74) is 3.05. The maximum atomic E-state index is 13.3. The zero-order chi connectivity index (χ0) is 18.6. The van der Waals surface area contributed by atoms with Crippen LogP contribution in [-0.4, -0.2) is 50.2 Å². The standard InChI is InChI=1S/C20H22N6O.2ClH/c1-2-15-3-5-16(6-4-15)18-12-21-9-10-25(18)20(27)17-7-8-23-19(11-17)26-14-22-13-24-26;;/h3-8,11,13-14,18,21H,2,9-10,12H2,1H3;2*1H. The zero-order valence-corrected chi connectivity index (χ0v) is 17.7. The monoisotopic (exact) mass is 434 g/mol. The Bertz CT molecular complexity index is 917. The van der Waals surface area contributed by atoms with Crippen LogP contribution in [0.2, 0.25) is 0 Å². The summed E-state index contributed by atoms with van der Waals surface area (Å²) in [4.78, 5) is 23.4. The molecule has 7 nitrogen and oxygen atoms in total. The molecule has 1 unspecified atom stereocenters. The number of piperazine rings is 1. The van der Waals surface area contributed by atoms with E-state index >= 15 is 0 Å². The molecule has 1 atom stereocenters. The molecule has 3 heterocycles. The first-order valence-corrected chi connectivity index (χ1v) is 9.18. The molecule has 1 aliphatic rings. The summed E-state index contributed by atoms with van der Waals surface area (Å²) in [5, 5.41) is 7.49. The molecule has 0 radical (unpaired) electrons. The van der Waals surface area contributed by atoms with Crippen LogP contribution < -0.4 is 5.32 Å². The topological polar surface area (TPSA) is 75.9 Å². The van der Waals surface area contributed by atoms with E-state index < -0.39 is 0 Å². The van der Waals surface area contributed by atoms with Crippen LogP contribution in [-0.2, 0) is 6.42 Å². The van der Waals surface area contributed by atoms with Gasteiger partial charge in [-0.3, -0.25) is 4.79 Å². The average molecular weight is 435 g/mol. The van der Waals surface area contributed by atoms with Crippen molar-refractivity contribution in [2.24, 2.45) is 0 Å². The summed E-state index contributed by atoms with van der Waals surface area (Å²) in [6, 6.07) is 12.1. The minimum Gasteiger partial charge on any atom is -0.329 e. The van der Waals surface area contributed by atoms with Gasteiger partial charge in [0.1, 0.15) is 12.7 Å². The van der Waals surface area contributed by atoms with Crippen molar-refractivity contribution in [1.29, 1.82) is 0 Å². The van der Waals surface area contributed by atoms with Crippen molar-refractivity contribution in [2.75, 3.05) is 19.6 Å². The van der Waals surface area contributed by atoms with Crippen molar-refractivity contribution in [1.82, 2.24) is 30.0 Å². The van der Waals surface area contributed by atoms with Crippen molar-refractivity contribution >= 4 is 30.7 Å². The SMILES string of the molecule is CCc1ccc(C2CNCCN2C(=O)c2ccnc(-n3cncn3)c2)cc1.Cl.Cl. The molecule has 154 valence electrons. The number of amides is 1. The molecule has 1 aliphatic heterocycles. The van der Waals surface area contributed by atoms with Crippen molar-refractivity contribution < 1.29 is 4.79 Å². The van der Waals surface area contributed by atoms with Crippen molar-refractivity contribution in [3.05, 3.63) is 71.9 Å². The maximum absolute atomic E-state index is 13.3. The highest BCUT2D eigenvalue weighted by Crippen LogP contribution is 2.25. The molecule has 1 N–H and O–H groups in total. The Kier molecular flexibility index (Phi) is 8.13. The summed E-state index contributed by atoms with van der Waals surface area (Å²) >= 11 is 0. The number of carbonyl (C=O) groups excluding carboxylic acids is 1. The van der Waals surface area contributed by atoms with E-state index in [0.29, 0.717) is 17.9 Å². The smallest absolute Gasteiger partial charge is 0.254 e. The lowest BCUT2D eigenvalue weighted by atomic mass is 10.00. The third-order valence-electron chi connectivity index (χ3n) is 4.92. The second-order valence-electron chi connectivity index (χ2n) is 6.56. The van der Waals surface area contributed by atoms with Gasteiger partial charge in [-0.15, -0.1) is 24.8 Å². The van der Waals surface area contributed by atoms with E-state index in [-0.39, 0.29) is 36.8 Å². The van der Waals surface area contributed by atoms with Gasteiger partial charge in [0.15, 0.2) is 5.82 Å². The molecule has 0 spiro atoms. The normalized spacial score (nSPS) is 15.9. The Morgan fingerprint density at radius 1 is 1.21 bits per heavy atom. The third-order valence-corrected chi connectivity index (χ3v) is 4.92. The number of halogens is 2. The van der Waals surface area contributed by atoms with Gasteiger partial charge in [-0.2, -0.15) is 5.10 Å². The molecule has 3 aromatic rings. The van der Waals surface area contributed by atoms with Gasteiger partial charge in [0.2, 0.25) is 0 Å². The van der Waals surface area contributed by atoms with E-state index in [9.17, 15) is 4.79 Å². The Labute approximate surface area is 182 Å². The number of hydrogen-bond donors (Lipinski definition) is 1. The van der Waals surface area contributed by atoms with Gasteiger partial charge in [-0.25, -0.2) is 14.6 Å². The molecule has 2 aromatic heterocycles. The van der Waals surface area contributed by atoms with E-state index in [4.69, 9.17) is 0 Å². The largest absolute Gasteiger partial charge is 0.329 e. The van der Waals surface area contributed by atoms with Crippen LogP contribution in [0.15, 0.2) is 55.2 Å². The summed E-state index contributed by atoms with van der Waals surface area (Å²) in [6.45, 7) is 4.34. The van der Waals surface area contributed by atoms with Gasteiger partial charge in [-0.05, 0) is 29.7 Å². The number of carbonyl (C=O) groups is 1. The molecule has 29 heavy (non-hydrogen) atoms. The fourth-order valence-corrected chi connectivity index (χ4v) is 3.39. The highest BCUT2D eigenvalue weighted by Gasteiger charge is 2.28. The van der Waals surface area contributed by atoms with Crippen LogP contribution in [0.1, 0.15) is 34.5 Å². The molecule has 1 aromatic carbocycles. The van der Waals surface area contributed by atoms with Gasteiger partial charge >= 0.3 is 0 Å². The summed E-state index contributed by atoms with van der Waals surface area (Å²) in [7, 11) is 0. The summed E-state index contributed by atoms with van der Waals surface area (Å²) < 4.78 is 1.55. The molecule has 0 bridgehead atoms. The molecule has 1 amide bonds. The lowest BCUT2D eigenvalue weighted by Gasteiger charge is -2.36. The predicted octanol–water partition coefficient (Wildman–Crippen LogP) is 2.86. The average Bonchev–Trinajstić information content (AvgIpc) is 3.28. The number of aryl methyl sites for hydroxylation is 1. The Balaban J connectivity index is 0.00000150. The van der Waals surface area contributed by atoms with E-state index in [2.05, 4.69) is 51.6 Å². The minimum atomic E-state index is 0. The molecular weight excluding hydrogens is 411 g/mol. The quantitative estimate of drug-likeness (QED) is 0.682. The fourth-order valence-electron chi connectivity index (χ4n) is 3.39. The molecule has 4 rings (SSSR count). The van der Waals surface area contributed by atoms with Crippen LogP contribution >= 0.6 is 24.8 Å². The number of benzene rings is 1. The highest BCUT2D eigenvalue weighted by molar-refractivity contribution is 5.95. The first kappa shape index (κ1) is 22.8. The van der Waals surface area contributed by atoms with E-state index in [1.54, 1.807) is 29.3 Å². The number of pyridine rings is 1. The van der Waals surface area contributed by atoms with Gasteiger partial charge in [-0.1, -0.05) is 31.2 Å². The number of nitrogens with zero attached hydrogens (tertiary/aromatic N) is 5. The van der Waals surface area contributed by atoms with Crippen LogP contribution in [0, 0.1) is 0 Å². The Morgan fingerprint density at radius 2 is 2.00 bits per heavy atom. The number of aromatic nitrogens is 4. The first-order chi connectivity index (χ1) is 13.3. The van der Waals surface area contributed by atoms with Crippen LogP contribution in [0.3, 0.4) is 0 Å². The number of nitrogens with one attached hydrogen (secondary N) is 1. The second-order valence-corrected chi connectivity index (χ2v) is 6.56. The summed E-state index contributed by atoms with van der Waals surface area (Å²) in [5.74, 6) is 0.585. The van der Waals surface area contributed by atoms with Crippen LogP contribution in [0.5, 0.6) is 0 Å². The molecular formula is C20H24Cl2N6O. The van der Waals surface area contributed by atoms with Gasteiger partial charge in [0.05, 0.1) is 6.04 Å². The molecule has 9 heteroatoms. The molecule has 1 fully saturated rings. The van der Waals surface area contributed by atoms with Crippen LogP contribution in [0.4, 0.5) is 0 Å². The Hall–Kier alpha value is -2.48. The maximum Gasteiger partial charge on any atom is 0.254 e. The van der Waals surface area contributed by atoms with E-state index in [1.807, 2.05) is 4.90 Å². The fraction of sp³-hybridized carbons (Fsp3) is 0.300. The highest BCUT2D eigenvalue weighted by atomic mass is 35.5. The number of rotatable bonds is 4. The second kappa shape index (κ2) is 10.3. The number of hydrogen-bond acceptors (Lipinski definition) is 5. The molecule has 0 aliphatic carbocycles. The van der Waals surface area contributed by atoms with Crippen molar-refractivity contribution in [2.45, 2.75) is 19.4 Å². The molecule has 0 saturated carbocycles. The van der Waals surface area contributed by atoms with E-state index in [1.165, 1.54) is 11.9 Å². The zero-order valence-electron chi connectivity index (χ0n) is 16.1. The minimum absolute atomic E-state index is 0. The van der Waals surface area contributed by atoms with Crippen molar-refractivity contribution in [3.63, 3.8) is 0 Å². The Morgan fingerprint density at radius 3 is 2.69 bits per heavy atom. The first-order valence-electron chi connectivity index (χ1n) is 9.18.